The number of hydrogen-bond donors (Lipinski definition) is 1. The van der Waals surface area contributed by atoms with Gasteiger partial charge < -0.3 is 10.1 Å². The lowest BCUT2D eigenvalue weighted by molar-refractivity contribution is -0.123. The van der Waals surface area contributed by atoms with E-state index in [2.05, 4.69) is 5.32 Å². The van der Waals surface area contributed by atoms with Crippen LogP contribution in [-0.4, -0.2) is 18.0 Å². The fourth-order valence-electron chi connectivity index (χ4n) is 2.20. The van der Waals surface area contributed by atoms with Crippen LogP contribution in [0.3, 0.4) is 0 Å². The van der Waals surface area contributed by atoms with Crippen molar-refractivity contribution in [1.82, 2.24) is 0 Å². The molecule has 0 saturated heterocycles. The lowest BCUT2D eigenvalue weighted by atomic mass is 10.2. The van der Waals surface area contributed by atoms with Crippen LogP contribution in [0.25, 0.3) is 10.1 Å². The zero-order valence-electron chi connectivity index (χ0n) is 13.1. The van der Waals surface area contributed by atoms with Crippen LogP contribution in [-0.2, 0) is 9.53 Å². The average Bonchev–Trinajstić information content (AvgIpc) is 2.98. The maximum atomic E-state index is 13.2. The van der Waals surface area contributed by atoms with Crippen molar-refractivity contribution >= 4 is 39.0 Å². The summed E-state index contributed by atoms with van der Waals surface area (Å²) in [4.78, 5) is 24.5. The summed E-state index contributed by atoms with van der Waals surface area (Å²) in [6.45, 7) is 1.42. The third-order valence-electron chi connectivity index (χ3n) is 3.42. The zero-order chi connectivity index (χ0) is 18.0. The molecule has 3 aromatic rings. The van der Waals surface area contributed by atoms with Crippen LogP contribution in [0.4, 0.5) is 14.5 Å². The number of amides is 1. The average molecular weight is 361 g/mol. The third-order valence-corrected chi connectivity index (χ3v) is 4.52. The summed E-state index contributed by atoms with van der Waals surface area (Å²) in [6.07, 6.45) is -1.07. The standard InChI is InChI=1S/C18H13F2NO3S/c1-10(17(22)21-14-4-2-3-12(19)9-14)24-18(23)16-8-11-7-13(20)5-6-15(11)25-16/h2-10H,1H3,(H,21,22). The molecule has 0 bridgehead atoms. The molecule has 0 fully saturated rings. The summed E-state index contributed by atoms with van der Waals surface area (Å²) in [5.41, 5.74) is 0.269. The number of carbonyl (C=O) groups is 2. The van der Waals surface area contributed by atoms with Gasteiger partial charge in [-0.3, -0.25) is 4.79 Å². The first-order valence-electron chi connectivity index (χ1n) is 7.39. The van der Waals surface area contributed by atoms with E-state index in [9.17, 15) is 18.4 Å². The molecule has 4 nitrogen and oxygen atoms in total. The fourth-order valence-corrected chi connectivity index (χ4v) is 3.12. The highest BCUT2D eigenvalue weighted by molar-refractivity contribution is 7.20. The second-order valence-electron chi connectivity index (χ2n) is 5.34. The van der Waals surface area contributed by atoms with Gasteiger partial charge in [-0.15, -0.1) is 11.3 Å². The first-order valence-corrected chi connectivity index (χ1v) is 8.20. The number of nitrogens with one attached hydrogen (secondary N) is 1. The van der Waals surface area contributed by atoms with Crippen molar-refractivity contribution in [3.63, 3.8) is 0 Å². The van der Waals surface area contributed by atoms with Crippen LogP contribution in [0.2, 0.25) is 0 Å². The minimum atomic E-state index is -1.07. The predicted octanol–water partition coefficient (Wildman–Crippen LogP) is 4.36. The Morgan fingerprint density at radius 2 is 1.84 bits per heavy atom. The Bertz CT molecular complexity index is 954. The van der Waals surface area contributed by atoms with Gasteiger partial charge >= 0.3 is 5.97 Å². The van der Waals surface area contributed by atoms with E-state index in [-0.39, 0.29) is 10.6 Å². The predicted molar refractivity (Wildman–Crippen MR) is 91.7 cm³/mol. The van der Waals surface area contributed by atoms with Gasteiger partial charge in [-0.25, -0.2) is 13.6 Å². The molecule has 1 unspecified atom stereocenters. The van der Waals surface area contributed by atoms with Crippen LogP contribution in [0.1, 0.15) is 16.6 Å². The smallest absolute Gasteiger partial charge is 0.349 e. The van der Waals surface area contributed by atoms with Gasteiger partial charge in [0.25, 0.3) is 5.91 Å². The molecule has 1 N–H and O–H groups in total. The van der Waals surface area contributed by atoms with Gasteiger partial charge in [0, 0.05) is 10.4 Å². The van der Waals surface area contributed by atoms with Crippen molar-refractivity contribution in [2.45, 2.75) is 13.0 Å². The Hall–Kier alpha value is -2.80. The molecule has 0 aliphatic carbocycles. The quantitative estimate of drug-likeness (QED) is 0.703. The van der Waals surface area contributed by atoms with Gasteiger partial charge in [-0.1, -0.05) is 6.07 Å². The monoisotopic (exact) mass is 361 g/mol. The zero-order valence-corrected chi connectivity index (χ0v) is 13.9. The maximum Gasteiger partial charge on any atom is 0.349 e. The number of carbonyl (C=O) groups excluding carboxylic acids is 2. The number of thiophene rings is 1. The number of rotatable bonds is 4. The highest BCUT2D eigenvalue weighted by Gasteiger charge is 2.20. The maximum absolute atomic E-state index is 13.2. The Kier molecular flexibility index (Phi) is 4.76. The highest BCUT2D eigenvalue weighted by Crippen LogP contribution is 2.27. The summed E-state index contributed by atoms with van der Waals surface area (Å²) < 4.78 is 32.2. The first-order chi connectivity index (χ1) is 11.9. The summed E-state index contributed by atoms with van der Waals surface area (Å²) in [6, 6.07) is 11.1. The molecule has 1 aromatic heterocycles. The number of fused-ring (bicyclic) bond motifs is 1. The molecule has 0 aliphatic rings. The van der Waals surface area contributed by atoms with Crippen LogP contribution in [0, 0.1) is 11.6 Å². The first kappa shape index (κ1) is 17.0. The van der Waals surface area contributed by atoms with Crippen molar-refractivity contribution in [1.29, 1.82) is 0 Å². The Labute approximate surface area is 146 Å². The SMILES string of the molecule is CC(OC(=O)c1cc2cc(F)ccc2s1)C(=O)Nc1cccc(F)c1. The molecular weight excluding hydrogens is 348 g/mol. The summed E-state index contributed by atoms with van der Waals surface area (Å²) in [5, 5.41) is 3.06. The summed E-state index contributed by atoms with van der Waals surface area (Å²) in [5.74, 6) is -2.14. The van der Waals surface area contributed by atoms with E-state index < -0.39 is 29.6 Å². The van der Waals surface area contributed by atoms with Crippen molar-refractivity contribution in [3.05, 3.63) is 65.0 Å². The normalized spacial score (nSPS) is 12.0. The molecule has 0 saturated carbocycles. The molecule has 3 rings (SSSR count). The lowest BCUT2D eigenvalue weighted by Crippen LogP contribution is -2.29. The minimum absolute atomic E-state index is 0.269. The fraction of sp³-hybridized carbons (Fsp3) is 0.111. The Morgan fingerprint density at radius 3 is 2.60 bits per heavy atom. The molecule has 25 heavy (non-hydrogen) atoms. The van der Waals surface area contributed by atoms with Gasteiger partial charge in [0.05, 0.1) is 0 Å². The van der Waals surface area contributed by atoms with E-state index in [0.29, 0.717) is 5.39 Å². The van der Waals surface area contributed by atoms with Crippen LogP contribution in [0.5, 0.6) is 0 Å². The van der Waals surface area contributed by atoms with E-state index in [1.165, 1.54) is 43.3 Å². The number of hydrogen-bond acceptors (Lipinski definition) is 4. The molecule has 128 valence electrons. The van der Waals surface area contributed by atoms with E-state index in [1.807, 2.05) is 0 Å². The molecule has 2 aromatic carbocycles. The van der Waals surface area contributed by atoms with Crippen molar-refractivity contribution in [2.75, 3.05) is 5.32 Å². The minimum Gasteiger partial charge on any atom is -0.448 e. The van der Waals surface area contributed by atoms with Gasteiger partial charge in [0.1, 0.15) is 16.5 Å². The summed E-state index contributed by atoms with van der Waals surface area (Å²) in [7, 11) is 0. The lowest BCUT2D eigenvalue weighted by Gasteiger charge is -2.13. The second kappa shape index (κ2) is 6.98. The number of halogens is 2. The second-order valence-corrected chi connectivity index (χ2v) is 6.42. The van der Waals surface area contributed by atoms with Crippen LogP contribution >= 0.6 is 11.3 Å². The van der Waals surface area contributed by atoms with Crippen molar-refractivity contribution in [3.8, 4) is 0 Å². The molecule has 0 aliphatic heterocycles. The Balaban J connectivity index is 1.67. The van der Waals surface area contributed by atoms with E-state index >= 15 is 0 Å². The number of esters is 1. The van der Waals surface area contributed by atoms with E-state index in [4.69, 9.17) is 4.74 Å². The molecule has 7 heteroatoms. The molecular formula is C18H13F2NO3S. The third kappa shape index (κ3) is 4.00. The van der Waals surface area contributed by atoms with Crippen LogP contribution < -0.4 is 5.32 Å². The van der Waals surface area contributed by atoms with E-state index in [0.717, 1.165) is 22.1 Å². The number of anilines is 1. The topological polar surface area (TPSA) is 55.4 Å². The number of benzene rings is 2. The molecule has 1 atom stereocenters. The van der Waals surface area contributed by atoms with Crippen molar-refractivity contribution in [2.24, 2.45) is 0 Å². The molecule has 1 amide bonds. The molecule has 1 heterocycles. The van der Waals surface area contributed by atoms with Gasteiger partial charge in [0.2, 0.25) is 0 Å². The van der Waals surface area contributed by atoms with E-state index in [1.54, 1.807) is 6.07 Å². The number of ether oxygens (including phenoxy) is 1. The van der Waals surface area contributed by atoms with Gasteiger partial charge in [-0.05, 0) is 54.8 Å². The van der Waals surface area contributed by atoms with Crippen LogP contribution in [0.15, 0.2) is 48.5 Å². The highest BCUT2D eigenvalue weighted by atomic mass is 32.1. The molecule has 0 radical (unpaired) electrons. The summed E-state index contributed by atoms with van der Waals surface area (Å²) >= 11 is 1.15. The van der Waals surface area contributed by atoms with Gasteiger partial charge in [0.15, 0.2) is 6.10 Å². The van der Waals surface area contributed by atoms with Gasteiger partial charge in [-0.2, -0.15) is 0 Å². The molecule has 0 spiro atoms. The largest absolute Gasteiger partial charge is 0.448 e. The Morgan fingerprint density at radius 1 is 1.08 bits per heavy atom. The van der Waals surface area contributed by atoms with Crippen molar-refractivity contribution < 1.29 is 23.1 Å².